The van der Waals surface area contributed by atoms with Crippen LogP contribution in [0, 0.1) is 11.8 Å². The fourth-order valence-corrected chi connectivity index (χ4v) is 2.46. The number of aromatic nitrogens is 1. The molecule has 1 amide bonds. The first kappa shape index (κ1) is 11.0. The van der Waals surface area contributed by atoms with Gasteiger partial charge in [0, 0.05) is 6.04 Å². The Morgan fingerprint density at radius 3 is 2.47 bits per heavy atom. The summed E-state index contributed by atoms with van der Waals surface area (Å²) in [6, 6.07) is 5.51. The molecule has 0 bridgehead atoms. The first-order valence-corrected chi connectivity index (χ1v) is 6.55. The zero-order valence-corrected chi connectivity index (χ0v) is 10.3. The number of carbonyl (C=O) groups is 1. The summed E-state index contributed by atoms with van der Waals surface area (Å²) in [6.07, 6.45) is 5.02. The van der Waals surface area contributed by atoms with E-state index >= 15 is 0 Å². The first-order chi connectivity index (χ1) is 8.24. The quantitative estimate of drug-likeness (QED) is 0.835. The molecule has 3 nitrogen and oxygen atoms in total. The van der Waals surface area contributed by atoms with Crippen molar-refractivity contribution >= 4 is 17.5 Å². The van der Waals surface area contributed by atoms with Crippen LogP contribution >= 0.6 is 11.6 Å². The Labute approximate surface area is 106 Å². The van der Waals surface area contributed by atoms with Crippen LogP contribution in [0.2, 0.25) is 5.15 Å². The average Bonchev–Trinajstić information content (AvgIpc) is 3.16. The average molecular weight is 251 g/mol. The first-order valence-electron chi connectivity index (χ1n) is 6.17. The molecular weight excluding hydrogens is 236 g/mol. The molecule has 4 heteroatoms. The third-order valence-electron chi connectivity index (χ3n) is 3.51. The maximum absolute atomic E-state index is 12.0. The van der Waals surface area contributed by atoms with Gasteiger partial charge in [-0.05, 0) is 49.7 Å². The Balaban J connectivity index is 1.69. The van der Waals surface area contributed by atoms with E-state index < -0.39 is 0 Å². The van der Waals surface area contributed by atoms with Gasteiger partial charge >= 0.3 is 0 Å². The molecule has 0 radical (unpaired) electrons. The Bertz CT molecular complexity index is 429. The number of nitrogens with zero attached hydrogens (tertiary/aromatic N) is 1. The minimum Gasteiger partial charge on any atom is -0.347 e. The van der Waals surface area contributed by atoms with E-state index in [-0.39, 0.29) is 5.91 Å². The molecule has 0 saturated heterocycles. The highest BCUT2D eigenvalue weighted by Gasteiger charge is 2.42. The van der Waals surface area contributed by atoms with E-state index in [0.717, 1.165) is 0 Å². The molecule has 2 aliphatic rings. The zero-order chi connectivity index (χ0) is 11.8. The lowest BCUT2D eigenvalue weighted by Crippen LogP contribution is -2.38. The van der Waals surface area contributed by atoms with Crippen molar-refractivity contribution in [2.45, 2.75) is 31.7 Å². The molecule has 1 N–H and O–H groups in total. The highest BCUT2D eigenvalue weighted by Crippen LogP contribution is 2.44. The molecule has 0 spiro atoms. The highest BCUT2D eigenvalue weighted by molar-refractivity contribution is 6.29. The summed E-state index contributed by atoms with van der Waals surface area (Å²) in [5.41, 5.74) is 0.420. The zero-order valence-electron chi connectivity index (χ0n) is 9.53. The molecule has 0 unspecified atom stereocenters. The smallest absolute Gasteiger partial charge is 0.270 e. The van der Waals surface area contributed by atoms with Crippen molar-refractivity contribution in [2.24, 2.45) is 11.8 Å². The van der Waals surface area contributed by atoms with Crippen molar-refractivity contribution in [1.82, 2.24) is 10.3 Å². The lowest BCUT2D eigenvalue weighted by molar-refractivity contribution is 0.0921. The van der Waals surface area contributed by atoms with Crippen LogP contribution in [0.25, 0.3) is 0 Å². The number of amides is 1. The van der Waals surface area contributed by atoms with E-state index in [0.29, 0.717) is 28.7 Å². The van der Waals surface area contributed by atoms with Gasteiger partial charge in [0.15, 0.2) is 0 Å². The van der Waals surface area contributed by atoms with Crippen LogP contribution in [0.4, 0.5) is 0 Å². The second kappa shape index (κ2) is 4.30. The van der Waals surface area contributed by atoms with Gasteiger partial charge < -0.3 is 5.32 Å². The second-order valence-electron chi connectivity index (χ2n) is 5.02. The van der Waals surface area contributed by atoms with Gasteiger partial charge in [-0.15, -0.1) is 0 Å². The Morgan fingerprint density at radius 1 is 1.29 bits per heavy atom. The van der Waals surface area contributed by atoms with Gasteiger partial charge in [0.25, 0.3) is 5.91 Å². The number of hydrogen-bond donors (Lipinski definition) is 1. The fraction of sp³-hybridized carbons (Fsp3) is 0.538. The van der Waals surface area contributed by atoms with Crippen molar-refractivity contribution in [3.8, 4) is 0 Å². The molecular formula is C13H15ClN2O. The molecule has 1 heterocycles. The van der Waals surface area contributed by atoms with E-state index in [1.54, 1.807) is 18.2 Å². The molecule has 2 saturated carbocycles. The fourth-order valence-electron chi connectivity index (χ4n) is 2.29. The van der Waals surface area contributed by atoms with Crippen molar-refractivity contribution in [1.29, 1.82) is 0 Å². The van der Waals surface area contributed by atoms with Crippen molar-refractivity contribution in [2.75, 3.05) is 0 Å². The van der Waals surface area contributed by atoms with Crippen LogP contribution in [0.5, 0.6) is 0 Å². The number of hydrogen-bond acceptors (Lipinski definition) is 2. The van der Waals surface area contributed by atoms with E-state index in [2.05, 4.69) is 10.3 Å². The highest BCUT2D eigenvalue weighted by atomic mass is 35.5. The number of carbonyl (C=O) groups excluding carboxylic acids is 1. The predicted octanol–water partition coefficient (Wildman–Crippen LogP) is 2.65. The molecule has 2 fully saturated rings. The largest absolute Gasteiger partial charge is 0.347 e. The second-order valence-corrected chi connectivity index (χ2v) is 5.41. The number of rotatable bonds is 4. The van der Waals surface area contributed by atoms with Gasteiger partial charge in [0.1, 0.15) is 10.8 Å². The lowest BCUT2D eigenvalue weighted by Gasteiger charge is -2.17. The molecule has 90 valence electrons. The van der Waals surface area contributed by atoms with Gasteiger partial charge in [-0.1, -0.05) is 17.7 Å². The summed E-state index contributed by atoms with van der Waals surface area (Å²) < 4.78 is 0. The van der Waals surface area contributed by atoms with Gasteiger partial charge in [-0.2, -0.15) is 0 Å². The van der Waals surface area contributed by atoms with Crippen molar-refractivity contribution in [3.63, 3.8) is 0 Å². The summed E-state index contributed by atoms with van der Waals surface area (Å²) in [7, 11) is 0. The summed E-state index contributed by atoms with van der Waals surface area (Å²) >= 11 is 5.78. The third kappa shape index (κ3) is 2.60. The molecule has 0 aliphatic heterocycles. The van der Waals surface area contributed by atoms with Crippen LogP contribution in [0.3, 0.4) is 0 Å². The van der Waals surface area contributed by atoms with E-state index in [4.69, 9.17) is 11.6 Å². The van der Waals surface area contributed by atoms with Crippen molar-refractivity contribution < 1.29 is 4.79 Å². The Hall–Kier alpha value is -1.09. The molecule has 0 atom stereocenters. The predicted molar refractivity (Wildman–Crippen MR) is 65.9 cm³/mol. The molecule has 2 aliphatic carbocycles. The summed E-state index contributed by atoms with van der Waals surface area (Å²) in [5, 5.41) is 3.49. The lowest BCUT2D eigenvalue weighted by atomic mass is 10.1. The topological polar surface area (TPSA) is 42.0 Å². The number of pyridine rings is 1. The summed E-state index contributed by atoms with van der Waals surface area (Å²) in [4.78, 5) is 16.1. The van der Waals surface area contributed by atoms with Gasteiger partial charge in [-0.3, -0.25) is 4.79 Å². The molecule has 1 aromatic heterocycles. The third-order valence-corrected chi connectivity index (χ3v) is 3.72. The Morgan fingerprint density at radius 2 is 1.94 bits per heavy atom. The van der Waals surface area contributed by atoms with Crippen LogP contribution in [0.1, 0.15) is 36.2 Å². The normalized spacial score (nSPS) is 19.4. The van der Waals surface area contributed by atoms with Crippen LogP contribution in [-0.2, 0) is 0 Å². The Kier molecular flexibility index (Phi) is 2.79. The molecule has 17 heavy (non-hydrogen) atoms. The van der Waals surface area contributed by atoms with Crippen LogP contribution < -0.4 is 5.32 Å². The van der Waals surface area contributed by atoms with E-state index in [1.165, 1.54) is 25.7 Å². The van der Waals surface area contributed by atoms with Gasteiger partial charge in [0.2, 0.25) is 0 Å². The standard InChI is InChI=1S/C13H15ClN2O/c14-11-3-1-2-10(15-11)13(17)16-12(8-4-5-8)9-6-7-9/h1-3,8-9,12H,4-7H2,(H,16,17). The molecule has 3 rings (SSSR count). The monoisotopic (exact) mass is 250 g/mol. The molecule has 0 aromatic carbocycles. The maximum Gasteiger partial charge on any atom is 0.270 e. The van der Waals surface area contributed by atoms with Crippen LogP contribution in [0.15, 0.2) is 18.2 Å². The summed E-state index contributed by atoms with van der Waals surface area (Å²) in [6.45, 7) is 0. The summed E-state index contributed by atoms with van der Waals surface area (Å²) in [5.74, 6) is 1.31. The minimum atomic E-state index is -0.0868. The van der Waals surface area contributed by atoms with Gasteiger partial charge in [-0.25, -0.2) is 4.98 Å². The molecule has 1 aromatic rings. The maximum atomic E-state index is 12.0. The minimum absolute atomic E-state index is 0.0868. The van der Waals surface area contributed by atoms with Gasteiger partial charge in [0.05, 0.1) is 0 Å². The number of nitrogens with one attached hydrogen (secondary N) is 1. The van der Waals surface area contributed by atoms with Crippen molar-refractivity contribution in [3.05, 3.63) is 29.0 Å². The SMILES string of the molecule is O=C(NC(C1CC1)C1CC1)c1cccc(Cl)n1. The van der Waals surface area contributed by atoms with Crippen LogP contribution in [-0.4, -0.2) is 16.9 Å². The van der Waals surface area contributed by atoms with E-state index in [9.17, 15) is 4.79 Å². The number of halogens is 1. The van der Waals surface area contributed by atoms with E-state index in [1.807, 2.05) is 0 Å².